The molecule has 134 valence electrons. The first kappa shape index (κ1) is 17.6. The average Bonchev–Trinajstić information content (AvgIpc) is 2.79. The molecule has 4 rings (SSSR count). The van der Waals surface area contributed by atoms with Crippen LogP contribution in [-0.2, 0) is 0 Å². The number of carbonyl (C=O) groups excluding carboxylic acids is 2. The maximum Gasteiger partial charge on any atom is 0.194 e. The molecule has 0 spiro atoms. The van der Waals surface area contributed by atoms with Gasteiger partial charge in [-0.05, 0) is 11.1 Å². The first-order valence-electron chi connectivity index (χ1n) is 9.13. The molecule has 0 aliphatic heterocycles. The summed E-state index contributed by atoms with van der Waals surface area (Å²) in [6, 6.07) is 33.4. The second kappa shape index (κ2) is 7.85. The van der Waals surface area contributed by atoms with Crippen LogP contribution in [0.2, 0.25) is 0 Å². The molecule has 0 N–H and O–H groups in total. The zero-order valence-electron chi connectivity index (χ0n) is 15.2. The molecule has 0 aliphatic carbocycles. The molecule has 4 aromatic carbocycles. The van der Waals surface area contributed by atoms with Gasteiger partial charge in [0.25, 0.3) is 0 Å². The van der Waals surface area contributed by atoms with Crippen LogP contribution in [-0.4, -0.2) is 11.6 Å². The van der Waals surface area contributed by atoms with Crippen LogP contribution in [0.3, 0.4) is 0 Å². The molecular weight excluding hydrogens is 344 g/mol. The summed E-state index contributed by atoms with van der Waals surface area (Å²) in [7, 11) is 0. The van der Waals surface area contributed by atoms with E-state index in [9.17, 15) is 9.59 Å². The fourth-order valence-corrected chi connectivity index (χ4v) is 3.32. The Balaban J connectivity index is 1.80. The Hall–Kier alpha value is -3.78. The molecule has 0 fully saturated rings. The van der Waals surface area contributed by atoms with E-state index in [1.54, 1.807) is 36.4 Å². The van der Waals surface area contributed by atoms with Crippen LogP contribution in [0.5, 0.6) is 0 Å². The molecule has 28 heavy (non-hydrogen) atoms. The van der Waals surface area contributed by atoms with Crippen molar-refractivity contribution in [1.82, 2.24) is 0 Å². The Morgan fingerprint density at radius 3 is 1.54 bits per heavy atom. The molecule has 4 aromatic rings. The molecule has 2 nitrogen and oxygen atoms in total. The molecule has 0 heterocycles. The molecule has 0 aromatic heterocycles. The van der Waals surface area contributed by atoms with Gasteiger partial charge in [0.15, 0.2) is 11.6 Å². The summed E-state index contributed by atoms with van der Waals surface area (Å²) in [4.78, 5) is 26.5. The lowest BCUT2D eigenvalue weighted by Gasteiger charge is -2.12. The van der Waals surface area contributed by atoms with Crippen molar-refractivity contribution in [3.05, 3.63) is 131 Å². The van der Waals surface area contributed by atoms with Crippen molar-refractivity contribution < 1.29 is 9.59 Å². The lowest BCUT2D eigenvalue weighted by Crippen LogP contribution is -2.11. The summed E-state index contributed by atoms with van der Waals surface area (Å²) in [6.07, 6.45) is 0. The smallest absolute Gasteiger partial charge is 0.194 e. The average molecular weight is 362 g/mol. The third kappa shape index (κ3) is 3.40. The summed E-state index contributed by atoms with van der Waals surface area (Å²) >= 11 is 0. The molecule has 0 aliphatic rings. The molecule has 0 atom stereocenters. The van der Waals surface area contributed by atoms with Gasteiger partial charge in [-0.1, -0.05) is 109 Å². The van der Waals surface area contributed by atoms with E-state index in [2.05, 4.69) is 0 Å². The van der Waals surface area contributed by atoms with Gasteiger partial charge in [0, 0.05) is 22.3 Å². The van der Waals surface area contributed by atoms with Gasteiger partial charge in [-0.3, -0.25) is 9.59 Å². The van der Waals surface area contributed by atoms with Crippen LogP contribution in [0.1, 0.15) is 31.8 Å². The number of ketones is 2. The summed E-state index contributed by atoms with van der Waals surface area (Å²) in [5.41, 5.74) is 3.82. The highest BCUT2D eigenvalue weighted by Crippen LogP contribution is 2.27. The third-order valence-corrected chi connectivity index (χ3v) is 4.71. The van der Waals surface area contributed by atoms with Crippen LogP contribution < -0.4 is 0 Å². The van der Waals surface area contributed by atoms with Crippen LogP contribution in [0.25, 0.3) is 11.1 Å². The van der Waals surface area contributed by atoms with Crippen LogP contribution in [0.4, 0.5) is 0 Å². The standard InChI is InChI=1S/C26H18O2/c27-25(20-13-5-2-6-14-20)23-17-9-10-18-24(23)26(28)22-16-8-7-15-21(22)19-11-3-1-4-12-19/h1-18H. The Morgan fingerprint density at radius 1 is 0.429 bits per heavy atom. The first-order chi connectivity index (χ1) is 13.8. The molecule has 0 saturated heterocycles. The van der Waals surface area contributed by atoms with Crippen LogP contribution in [0, 0.1) is 0 Å². The molecule has 0 radical (unpaired) electrons. The van der Waals surface area contributed by atoms with Gasteiger partial charge < -0.3 is 0 Å². The Kier molecular flexibility index (Phi) is 4.94. The van der Waals surface area contributed by atoms with Crippen LogP contribution >= 0.6 is 0 Å². The Bertz CT molecular complexity index is 1130. The lowest BCUT2D eigenvalue weighted by molar-refractivity contribution is 0.100. The molecular formula is C26H18O2. The van der Waals surface area contributed by atoms with Gasteiger partial charge in [0.2, 0.25) is 0 Å². The van der Waals surface area contributed by atoms with Crippen molar-refractivity contribution >= 4 is 11.6 Å². The Labute approximate surface area is 164 Å². The van der Waals surface area contributed by atoms with E-state index < -0.39 is 0 Å². The minimum Gasteiger partial charge on any atom is -0.289 e. The lowest BCUT2D eigenvalue weighted by atomic mass is 9.90. The van der Waals surface area contributed by atoms with Crippen molar-refractivity contribution in [3.8, 4) is 11.1 Å². The van der Waals surface area contributed by atoms with E-state index in [-0.39, 0.29) is 11.6 Å². The van der Waals surface area contributed by atoms with Gasteiger partial charge in [-0.2, -0.15) is 0 Å². The third-order valence-electron chi connectivity index (χ3n) is 4.71. The summed E-state index contributed by atoms with van der Waals surface area (Å²) in [5.74, 6) is -0.305. The van der Waals surface area contributed by atoms with Crippen molar-refractivity contribution in [3.63, 3.8) is 0 Å². The molecule has 0 saturated carbocycles. The van der Waals surface area contributed by atoms with E-state index in [4.69, 9.17) is 0 Å². The SMILES string of the molecule is O=C(c1ccccc1)c1ccccc1C(=O)c1ccccc1-c1ccccc1. The predicted molar refractivity (Wildman–Crippen MR) is 112 cm³/mol. The quantitative estimate of drug-likeness (QED) is 0.420. The maximum atomic E-state index is 13.4. The van der Waals surface area contributed by atoms with Gasteiger partial charge in [-0.25, -0.2) is 0 Å². The number of benzene rings is 4. The summed E-state index contributed by atoms with van der Waals surface area (Å²) in [6.45, 7) is 0. The van der Waals surface area contributed by atoms with Gasteiger partial charge in [-0.15, -0.1) is 0 Å². The van der Waals surface area contributed by atoms with Crippen molar-refractivity contribution in [1.29, 1.82) is 0 Å². The summed E-state index contributed by atoms with van der Waals surface area (Å²) < 4.78 is 0. The topological polar surface area (TPSA) is 34.1 Å². The fourth-order valence-electron chi connectivity index (χ4n) is 3.32. The summed E-state index contributed by atoms with van der Waals surface area (Å²) in [5, 5.41) is 0. The van der Waals surface area contributed by atoms with E-state index in [0.29, 0.717) is 22.3 Å². The second-order valence-electron chi connectivity index (χ2n) is 6.48. The molecule has 0 amide bonds. The number of hydrogen-bond donors (Lipinski definition) is 0. The minimum absolute atomic E-state index is 0.151. The van der Waals surface area contributed by atoms with Crippen molar-refractivity contribution in [2.24, 2.45) is 0 Å². The van der Waals surface area contributed by atoms with Gasteiger partial charge >= 0.3 is 0 Å². The zero-order valence-corrected chi connectivity index (χ0v) is 15.2. The molecule has 0 bridgehead atoms. The molecule has 2 heteroatoms. The van der Waals surface area contributed by atoms with E-state index in [1.807, 2.05) is 72.8 Å². The number of carbonyl (C=O) groups is 2. The predicted octanol–water partition coefficient (Wildman–Crippen LogP) is 5.82. The second-order valence-corrected chi connectivity index (χ2v) is 6.48. The van der Waals surface area contributed by atoms with Crippen LogP contribution in [0.15, 0.2) is 109 Å². The molecule has 0 unspecified atom stereocenters. The van der Waals surface area contributed by atoms with E-state index in [1.165, 1.54) is 0 Å². The van der Waals surface area contributed by atoms with Gasteiger partial charge in [0.1, 0.15) is 0 Å². The highest BCUT2D eigenvalue weighted by atomic mass is 16.1. The zero-order chi connectivity index (χ0) is 19.3. The monoisotopic (exact) mass is 362 g/mol. The normalized spacial score (nSPS) is 10.4. The highest BCUT2D eigenvalue weighted by molar-refractivity contribution is 6.21. The highest BCUT2D eigenvalue weighted by Gasteiger charge is 2.21. The number of hydrogen-bond acceptors (Lipinski definition) is 2. The van der Waals surface area contributed by atoms with E-state index in [0.717, 1.165) is 11.1 Å². The first-order valence-corrected chi connectivity index (χ1v) is 9.13. The van der Waals surface area contributed by atoms with Crippen molar-refractivity contribution in [2.75, 3.05) is 0 Å². The Morgan fingerprint density at radius 2 is 0.893 bits per heavy atom. The van der Waals surface area contributed by atoms with E-state index >= 15 is 0 Å². The maximum absolute atomic E-state index is 13.4. The largest absolute Gasteiger partial charge is 0.289 e. The fraction of sp³-hybridized carbons (Fsp3) is 0. The van der Waals surface area contributed by atoms with Gasteiger partial charge in [0.05, 0.1) is 0 Å². The minimum atomic E-state index is -0.153. The van der Waals surface area contributed by atoms with Crippen molar-refractivity contribution in [2.45, 2.75) is 0 Å². The number of rotatable bonds is 5.